The zero-order valence-corrected chi connectivity index (χ0v) is 18.0. The van der Waals surface area contributed by atoms with Crippen LogP contribution in [0.25, 0.3) is 0 Å². The number of carbonyl (C=O) groups excluding carboxylic acids is 1. The Morgan fingerprint density at radius 3 is 2.61 bits per heavy atom. The largest absolute Gasteiger partial charge is 0.454 e. The molecule has 3 aromatic rings. The van der Waals surface area contributed by atoms with Gasteiger partial charge >= 0.3 is 0 Å². The normalized spacial score (nSPS) is 14.6. The van der Waals surface area contributed by atoms with Gasteiger partial charge in [0.05, 0.1) is 11.6 Å². The van der Waals surface area contributed by atoms with Crippen molar-refractivity contribution in [3.05, 3.63) is 81.6 Å². The van der Waals surface area contributed by atoms with Crippen LogP contribution in [0.5, 0.6) is 0 Å². The number of furan rings is 1. The van der Waals surface area contributed by atoms with Gasteiger partial charge in [-0.25, -0.2) is 8.42 Å². The molecule has 1 fully saturated rings. The van der Waals surface area contributed by atoms with Crippen LogP contribution in [0.4, 0.5) is 5.69 Å². The van der Waals surface area contributed by atoms with Gasteiger partial charge in [-0.2, -0.15) is 4.31 Å². The molecule has 1 amide bonds. The summed E-state index contributed by atoms with van der Waals surface area (Å²) in [4.78, 5) is 24.4. The summed E-state index contributed by atoms with van der Waals surface area (Å²) in [5, 5.41) is 2.73. The van der Waals surface area contributed by atoms with Crippen LogP contribution < -0.4 is 10.9 Å². The van der Waals surface area contributed by atoms with Gasteiger partial charge in [0.1, 0.15) is 10.7 Å². The molecule has 1 aliphatic rings. The summed E-state index contributed by atoms with van der Waals surface area (Å²) in [6.07, 6.45) is 3.24. The Kier molecular flexibility index (Phi) is 5.99. The highest BCUT2D eigenvalue weighted by atomic mass is 35.5. The van der Waals surface area contributed by atoms with Crippen LogP contribution >= 0.6 is 11.6 Å². The van der Waals surface area contributed by atoms with E-state index in [1.165, 1.54) is 39.2 Å². The first-order valence-electron chi connectivity index (χ1n) is 9.70. The van der Waals surface area contributed by atoms with E-state index in [2.05, 4.69) is 5.32 Å². The summed E-state index contributed by atoms with van der Waals surface area (Å²) < 4.78 is 34.1. The van der Waals surface area contributed by atoms with E-state index in [0.29, 0.717) is 18.8 Å². The van der Waals surface area contributed by atoms with Crippen molar-refractivity contribution in [2.45, 2.75) is 24.3 Å². The Labute approximate surface area is 184 Å². The van der Waals surface area contributed by atoms with Crippen LogP contribution in [0.3, 0.4) is 0 Å². The third-order valence-corrected chi connectivity index (χ3v) is 7.36. The molecule has 2 aromatic heterocycles. The van der Waals surface area contributed by atoms with E-state index in [-0.39, 0.29) is 33.5 Å². The van der Waals surface area contributed by atoms with E-state index in [4.69, 9.17) is 16.0 Å². The predicted molar refractivity (Wildman–Crippen MR) is 116 cm³/mol. The number of sulfonamides is 1. The molecular weight excluding hydrogens is 442 g/mol. The van der Waals surface area contributed by atoms with Crippen LogP contribution in [0.2, 0.25) is 5.02 Å². The Morgan fingerprint density at radius 1 is 1.10 bits per heavy atom. The zero-order chi connectivity index (χ0) is 22.0. The molecule has 4 rings (SSSR count). The quantitative estimate of drug-likeness (QED) is 0.607. The lowest BCUT2D eigenvalue weighted by atomic mass is 10.3. The maximum atomic E-state index is 12.9. The molecule has 0 saturated carbocycles. The van der Waals surface area contributed by atoms with E-state index in [1.807, 2.05) is 0 Å². The maximum Gasteiger partial charge on any atom is 0.291 e. The van der Waals surface area contributed by atoms with Crippen LogP contribution in [-0.4, -0.2) is 36.3 Å². The molecule has 0 unspecified atom stereocenters. The number of pyridine rings is 1. The third kappa shape index (κ3) is 4.58. The molecule has 1 saturated heterocycles. The van der Waals surface area contributed by atoms with Crippen LogP contribution in [0.1, 0.15) is 29.2 Å². The summed E-state index contributed by atoms with van der Waals surface area (Å²) in [6, 6.07) is 12.2. The van der Waals surface area contributed by atoms with Crippen molar-refractivity contribution >= 4 is 33.2 Å². The SMILES string of the molecule is O=C(Nc1ccc(Cl)c(S(=O)(=O)N2CCCC2)c1)c1ccc(Cn2ccccc2=O)o1. The lowest BCUT2D eigenvalue weighted by Crippen LogP contribution is -2.28. The van der Waals surface area contributed by atoms with Gasteiger partial charge in [-0.15, -0.1) is 0 Å². The monoisotopic (exact) mass is 461 g/mol. The number of halogens is 1. The Morgan fingerprint density at radius 2 is 1.87 bits per heavy atom. The molecule has 1 N–H and O–H groups in total. The summed E-state index contributed by atoms with van der Waals surface area (Å²) >= 11 is 6.14. The molecule has 0 radical (unpaired) electrons. The van der Waals surface area contributed by atoms with Gasteiger partial charge in [0.2, 0.25) is 10.0 Å². The van der Waals surface area contributed by atoms with Crippen molar-refractivity contribution in [3.63, 3.8) is 0 Å². The Balaban J connectivity index is 1.51. The molecule has 10 heteroatoms. The number of rotatable bonds is 6. The number of nitrogens with zero attached hydrogens (tertiary/aromatic N) is 2. The molecule has 8 nitrogen and oxygen atoms in total. The van der Waals surface area contributed by atoms with Gasteiger partial charge < -0.3 is 14.3 Å². The van der Waals surface area contributed by atoms with Crippen LogP contribution in [0.15, 0.2) is 68.8 Å². The van der Waals surface area contributed by atoms with Crippen molar-refractivity contribution in [2.75, 3.05) is 18.4 Å². The molecule has 1 aliphatic heterocycles. The molecule has 0 aliphatic carbocycles. The fourth-order valence-electron chi connectivity index (χ4n) is 3.38. The highest BCUT2D eigenvalue weighted by molar-refractivity contribution is 7.89. The van der Waals surface area contributed by atoms with Gasteiger partial charge in [0, 0.05) is 31.0 Å². The molecule has 0 bridgehead atoms. The van der Waals surface area contributed by atoms with Gasteiger partial charge in [0.15, 0.2) is 5.76 Å². The fraction of sp³-hybridized carbons (Fsp3) is 0.238. The van der Waals surface area contributed by atoms with E-state index in [0.717, 1.165) is 12.8 Å². The third-order valence-electron chi connectivity index (χ3n) is 4.98. The average Bonchev–Trinajstić information content (AvgIpc) is 3.44. The summed E-state index contributed by atoms with van der Waals surface area (Å²) in [5.74, 6) is -0.0664. The number of aromatic nitrogens is 1. The molecular formula is C21H20ClN3O5S. The maximum absolute atomic E-state index is 12.9. The van der Waals surface area contributed by atoms with Gasteiger partial charge in [0.25, 0.3) is 11.5 Å². The predicted octanol–water partition coefficient (Wildman–Crippen LogP) is 3.18. The van der Waals surface area contributed by atoms with E-state index < -0.39 is 15.9 Å². The van der Waals surface area contributed by atoms with E-state index >= 15 is 0 Å². The molecule has 3 heterocycles. The minimum absolute atomic E-state index is 0.0397. The van der Waals surface area contributed by atoms with Crippen molar-refractivity contribution < 1.29 is 17.6 Å². The topological polar surface area (TPSA) is 102 Å². The number of hydrogen-bond donors (Lipinski definition) is 1. The number of anilines is 1. The van der Waals surface area contributed by atoms with Gasteiger partial charge in [-0.3, -0.25) is 9.59 Å². The fourth-order valence-corrected chi connectivity index (χ4v) is 5.40. The molecule has 162 valence electrons. The van der Waals surface area contributed by atoms with Crippen molar-refractivity contribution in [3.8, 4) is 0 Å². The molecule has 0 spiro atoms. The van der Waals surface area contributed by atoms with E-state index in [1.54, 1.807) is 24.4 Å². The second-order valence-electron chi connectivity index (χ2n) is 7.14. The number of carbonyl (C=O) groups is 1. The second-order valence-corrected chi connectivity index (χ2v) is 9.46. The highest BCUT2D eigenvalue weighted by Gasteiger charge is 2.29. The Bertz CT molecular complexity index is 1280. The number of amides is 1. The number of benzene rings is 1. The standard InChI is InChI=1S/C21H20ClN3O5S/c22-17-8-6-15(13-19(17)31(28,29)25-11-3-4-12-25)23-21(27)18-9-7-16(30-18)14-24-10-2-1-5-20(24)26/h1-2,5-10,13H,3-4,11-12,14H2,(H,23,27). The average molecular weight is 462 g/mol. The molecule has 1 aromatic carbocycles. The van der Waals surface area contributed by atoms with Crippen molar-refractivity contribution in [2.24, 2.45) is 0 Å². The van der Waals surface area contributed by atoms with Gasteiger partial charge in [-0.1, -0.05) is 17.7 Å². The zero-order valence-electron chi connectivity index (χ0n) is 16.5. The first-order chi connectivity index (χ1) is 14.8. The summed E-state index contributed by atoms with van der Waals surface area (Å²) in [7, 11) is -3.73. The van der Waals surface area contributed by atoms with E-state index in [9.17, 15) is 18.0 Å². The van der Waals surface area contributed by atoms with Gasteiger partial charge in [-0.05, 0) is 49.2 Å². The second kappa shape index (κ2) is 8.70. The van der Waals surface area contributed by atoms with Crippen LogP contribution in [0, 0.1) is 0 Å². The summed E-state index contributed by atoms with van der Waals surface area (Å²) in [6.45, 7) is 1.09. The first kappa shape index (κ1) is 21.4. The lowest BCUT2D eigenvalue weighted by molar-refractivity contribution is 0.0994. The minimum atomic E-state index is -3.73. The van der Waals surface area contributed by atoms with Crippen LogP contribution in [-0.2, 0) is 16.6 Å². The first-order valence-corrected chi connectivity index (χ1v) is 11.5. The lowest BCUT2D eigenvalue weighted by Gasteiger charge is -2.17. The minimum Gasteiger partial charge on any atom is -0.454 e. The Hall–Kier alpha value is -2.88. The molecule has 0 atom stereocenters. The van der Waals surface area contributed by atoms with Crippen molar-refractivity contribution in [1.82, 2.24) is 8.87 Å². The highest BCUT2D eigenvalue weighted by Crippen LogP contribution is 2.29. The summed E-state index contributed by atoms with van der Waals surface area (Å²) in [5.41, 5.74) is 0.0993. The smallest absolute Gasteiger partial charge is 0.291 e. The number of hydrogen-bond acceptors (Lipinski definition) is 5. The number of nitrogens with one attached hydrogen (secondary N) is 1. The molecule has 31 heavy (non-hydrogen) atoms. The van der Waals surface area contributed by atoms with Crippen molar-refractivity contribution in [1.29, 1.82) is 0 Å².